The number of carbonyl (C=O) groups excluding carboxylic acids is 1. The summed E-state index contributed by atoms with van der Waals surface area (Å²) in [6, 6.07) is 0.702. The van der Waals surface area contributed by atoms with Gasteiger partial charge in [0.15, 0.2) is 5.82 Å². The van der Waals surface area contributed by atoms with Crippen molar-refractivity contribution in [3.63, 3.8) is 0 Å². The number of carbonyl (C=O) groups is 1. The lowest BCUT2D eigenvalue weighted by Gasteiger charge is -2.33. The summed E-state index contributed by atoms with van der Waals surface area (Å²) < 4.78 is 5.67. The molecule has 0 bridgehead atoms. The van der Waals surface area contributed by atoms with E-state index >= 15 is 0 Å². The average Bonchev–Trinajstić information content (AvgIpc) is 3.12. The molecule has 6 nitrogen and oxygen atoms in total. The molecule has 1 amide bonds. The molecule has 1 aromatic rings. The summed E-state index contributed by atoms with van der Waals surface area (Å²) in [6.45, 7) is 5.55. The van der Waals surface area contributed by atoms with E-state index in [1.807, 2.05) is 6.92 Å². The average molecular weight is 344 g/mol. The van der Waals surface area contributed by atoms with Crippen LogP contribution in [0.1, 0.15) is 56.7 Å². The molecule has 0 N–H and O–H groups in total. The maximum absolute atomic E-state index is 12.6. The third-order valence-electron chi connectivity index (χ3n) is 6.92. The first kappa shape index (κ1) is 15.8. The van der Waals surface area contributed by atoms with Gasteiger partial charge in [0, 0.05) is 44.1 Å². The summed E-state index contributed by atoms with van der Waals surface area (Å²) in [5, 5.41) is 4.06. The van der Waals surface area contributed by atoms with Crippen molar-refractivity contribution in [3.8, 4) is 0 Å². The second-order valence-electron chi connectivity index (χ2n) is 8.71. The van der Waals surface area contributed by atoms with Gasteiger partial charge >= 0.3 is 0 Å². The minimum atomic E-state index is -0.150. The number of aryl methyl sites for hydroxylation is 1. The minimum absolute atomic E-state index is 0.150. The molecule has 3 heterocycles. The normalized spacial score (nSPS) is 33.8. The van der Waals surface area contributed by atoms with Crippen molar-refractivity contribution in [1.29, 1.82) is 0 Å². The zero-order valence-electron chi connectivity index (χ0n) is 15.1. The van der Waals surface area contributed by atoms with Gasteiger partial charge in [0.1, 0.15) is 0 Å². The van der Waals surface area contributed by atoms with E-state index in [1.165, 1.54) is 32.1 Å². The van der Waals surface area contributed by atoms with Gasteiger partial charge < -0.3 is 9.42 Å². The first-order valence-electron chi connectivity index (χ1n) is 9.99. The van der Waals surface area contributed by atoms with E-state index in [9.17, 15) is 4.79 Å². The molecule has 2 saturated carbocycles. The fourth-order valence-electron chi connectivity index (χ4n) is 5.39. The number of likely N-dealkylation sites (tertiary alicyclic amines) is 2. The number of aromatic nitrogens is 2. The molecule has 2 atom stereocenters. The van der Waals surface area contributed by atoms with Crippen LogP contribution in [-0.4, -0.2) is 58.1 Å². The Hall–Kier alpha value is -1.43. The molecule has 0 spiro atoms. The van der Waals surface area contributed by atoms with Crippen molar-refractivity contribution in [2.45, 2.75) is 63.3 Å². The van der Waals surface area contributed by atoms with Crippen LogP contribution >= 0.6 is 0 Å². The molecule has 0 radical (unpaired) electrons. The van der Waals surface area contributed by atoms with Crippen LogP contribution in [0.5, 0.6) is 0 Å². The summed E-state index contributed by atoms with van der Waals surface area (Å²) in [4.78, 5) is 22.0. The third-order valence-corrected chi connectivity index (χ3v) is 6.92. The van der Waals surface area contributed by atoms with E-state index in [4.69, 9.17) is 4.52 Å². The summed E-state index contributed by atoms with van der Waals surface area (Å²) in [6.07, 6.45) is 8.86. The molecule has 2 unspecified atom stereocenters. The third kappa shape index (κ3) is 2.60. The molecule has 5 rings (SSSR count). The van der Waals surface area contributed by atoms with E-state index in [0.29, 0.717) is 23.7 Å². The Morgan fingerprint density at radius 2 is 1.92 bits per heavy atom. The Balaban J connectivity index is 1.42. The molecule has 136 valence electrons. The molecule has 1 aromatic heterocycles. The maximum atomic E-state index is 12.6. The van der Waals surface area contributed by atoms with Crippen LogP contribution in [0.3, 0.4) is 0 Å². The zero-order valence-corrected chi connectivity index (χ0v) is 15.1. The molecule has 6 heteroatoms. The summed E-state index contributed by atoms with van der Waals surface area (Å²) in [5.74, 6) is 2.53. The fraction of sp³-hybridized carbons (Fsp3) is 0.842. The fourth-order valence-corrected chi connectivity index (χ4v) is 5.39. The van der Waals surface area contributed by atoms with Gasteiger partial charge in [-0.3, -0.25) is 9.69 Å². The molecule has 4 aliphatic rings. The molecule has 25 heavy (non-hydrogen) atoms. The Bertz CT molecular complexity index is 664. The summed E-state index contributed by atoms with van der Waals surface area (Å²) >= 11 is 0. The van der Waals surface area contributed by atoms with Crippen molar-refractivity contribution in [2.24, 2.45) is 11.8 Å². The van der Waals surface area contributed by atoms with Crippen LogP contribution in [0.25, 0.3) is 0 Å². The van der Waals surface area contributed by atoms with Gasteiger partial charge in [-0.15, -0.1) is 0 Å². The van der Waals surface area contributed by atoms with Crippen LogP contribution in [0.15, 0.2) is 4.52 Å². The monoisotopic (exact) mass is 344 g/mol. The smallest absolute Gasteiger partial charge is 0.236 e. The number of rotatable bonds is 3. The van der Waals surface area contributed by atoms with Crippen molar-refractivity contribution in [3.05, 3.63) is 11.7 Å². The van der Waals surface area contributed by atoms with E-state index in [0.717, 1.165) is 44.9 Å². The van der Waals surface area contributed by atoms with Crippen LogP contribution in [0, 0.1) is 18.8 Å². The largest absolute Gasteiger partial charge is 0.341 e. The topological polar surface area (TPSA) is 62.5 Å². The second-order valence-corrected chi connectivity index (χ2v) is 8.71. The summed E-state index contributed by atoms with van der Waals surface area (Å²) in [5.41, 5.74) is -0.150. The second kappa shape index (κ2) is 5.79. The maximum Gasteiger partial charge on any atom is 0.236 e. The van der Waals surface area contributed by atoms with Crippen LogP contribution in [0.2, 0.25) is 0 Å². The minimum Gasteiger partial charge on any atom is -0.341 e. The van der Waals surface area contributed by atoms with Gasteiger partial charge in [0.05, 0.1) is 5.41 Å². The van der Waals surface area contributed by atoms with Crippen LogP contribution < -0.4 is 0 Å². The Labute approximate surface area is 148 Å². The molecule has 2 saturated heterocycles. The van der Waals surface area contributed by atoms with E-state index < -0.39 is 0 Å². The van der Waals surface area contributed by atoms with Crippen molar-refractivity contribution in [2.75, 3.05) is 26.2 Å². The molecular formula is C19H28N4O2. The number of fused-ring (bicyclic) bond motifs is 1. The van der Waals surface area contributed by atoms with Gasteiger partial charge in [-0.2, -0.15) is 4.98 Å². The molecular weight excluding hydrogens is 316 g/mol. The quantitative estimate of drug-likeness (QED) is 0.841. The molecule has 4 fully saturated rings. The Morgan fingerprint density at radius 1 is 1.12 bits per heavy atom. The number of hydrogen-bond acceptors (Lipinski definition) is 5. The van der Waals surface area contributed by atoms with E-state index in [-0.39, 0.29) is 11.3 Å². The Morgan fingerprint density at radius 3 is 2.60 bits per heavy atom. The summed E-state index contributed by atoms with van der Waals surface area (Å²) in [7, 11) is 0. The van der Waals surface area contributed by atoms with E-state index in [2.05, 4.69) is 19.9 Å². The lowest BCUT2D eigenvalue weighted by Crippen LogP contribution is -2.43. The highest BCUT2D eigenvalue weighted by Gasteiger charge is 2.59. The zero-order chi connectivity index (χ0) is 17.0. The standard InChI is InChI=1S/C19H28N4O2/c1-13-20-18(25-21-13)19-11-22(16-5-3-2-4-6-16)9-15(19)10-23(12-19)17(24)14-7-8-14/h14-16H,2-12H2,1H3. The van der Waals surface area contributed by atoms with Gasteiger partial charge in [0.25, 0.3) is 0 Å². The van der Waals surface area contributed by atoms with Crippen molar-refractivity contribution in [1.82, 2.24) is 19.9 Å². The molecule has 2 aliphatic heterocycles. The van der Waals surface area contributed by atoms with Crippen molar-refractivity contribution >= 4 is 5.91 Å². The molecule has 0 aromatic carbocycles. The van der Waals surface area contributed by atoms with Gasteiger partial charge in [-0.1, -0.05) is 24.4 Å². The molecule has 2 aliphatic carbocycles. The van der Waals surface area contributed by atoms with Gasteiger partial charge in [-0.25, -0.2) is 0 Å². The van der Waals surface area contributed by atoms with Gasteiger partial charge in [-0.05, 0) is 32.6 Å². The lowest BCUT2D eigenvalue weighted by molar-refractivity contribution is -0.132. The van der Waals surface area contributed by atoms with Crippen molar-refractivity contribution < 1.29 is 9.32 Å². The highest BCUT2D eigenvalue weighted by Crippen LogP contribution is 2.47. The lowest BCUT2D eigenvalue weighted by atomic mass is 9.81. The number of hydrogen-bond donors (Lipinski definition) is 0. The highest BCUT2D eigenvalue weighted by atomic mass is 16.5. The first-order chi connectivity index (χ1) is 12.2. The van der Waals surface area contributed by atoms with Crippen LogP contribution in [0.4, 0.5) is 0 Å². The SMILES string of the molecule is Cc1noc(C23CN(C(=O)C4CC4)CC2CN(C2CCCCC2)C3)n1. The van der Waals surface area contributed by atoms with Gasteiger partial charge in [0.2, 0.25) is 11.8 Å². The van der Waals surface area contributed by atoms with Crippen LogP contribution in [-0.2, 0) is 10.2 Å². The highest BCUT2D eigenvalue weighted by molar-refractivity contribution is 5.81. The Kier molecular flexibility index (Phi) is 3.66. The first-order valence-corrected chi connectivity index (χ1v) is 9.99. The number of amides is 1. The number of nitrogens with zero attached hydrogens (tertiary/aromatic N) is 4. The van der Waals surface area contributed by atoms with E-state index in [1.54, 1.807) is 0 Å². The predicted molar refractivity (Wildman–Crippen MR) is 92.0 cm³/mol. The predicted octanol–water partition coefficient (Wildman–Crippen LogP) is 2.13.